The van der Waals surface area contributed by atoms with E-state index in [1.54, 1.807) is 0 Å². The molecule has 1 heterocycles. The van der Waals surface area contributed by atoms with E-state index < -0.39 is 10.0 Å². The van der Waals surface area contributed by atoms with Crippen LogP contribution in [0.25, 0.3) is 0 Å². The number of likely N-dealkylation sites (tertiary alicyclic amines) is 1. The van der Waals surface area contributed by atoms with Crippen LogP contribution in [-0.2, 0) is 22.9 Å². The number of hydrogen-bond acceptors (Lipinski definition) is 3. The van der Waals surface area contributed by atoms with Crippen LogP contribution >= 0.6 is 0 Å². The molecule has 1 fully saturated rings. The smallest absolute Gasteiger partial charge is 0.212 e. The first-order valence-corrected chi connectivity index (χ1v) is 9.44. The van der Waals surface area contributed by atoms with Crippen molar-refractivity contribution in [3.05, 3.63) is 35.4 Å². The molecule has 2 N–H and O–H groups in total. The van der Waals surface area contributed by atoms with Crippen LogP contribution in [-0.4, -0.2) is 38.2 Å². The standard InChI is InChI=1S/C16H24N2O2S/c17-21(19,20)16-7-9-18(10-8-16)12-13-5-6-14-3-1-2-4-15(14)11-13/h1-4,13,16H,5-12H2,(H2,17,19,20). The molecule has 0 radical (unpaired) electrons. The van der Waals surface area contributed by atoms with Crippen molar-refractivity contribution in [1.29, 1.82) is 0 Å². The molecule has 1 aromatic rings. The Morgan fingerprint density at radius 2 is 1.76 bits per heavy atom. The number of fused-ring (bicyclic) bond motifs is 1. The second kappa shape index (κ2) is 6.07. The van der Waals surface area contributed by atoms with Crippen molar-refractivity contribution in [2.45, 2.75) is 37.4 Å². The fraction of sp³-hybridized carbons (Fsp3) is 0.625. The van der Waals surface area contributed by atoms with Crippen molar-refractivity contribution in [2.75, 3.05) is 19.6 Å². The zero-order valence-corrected chi connectivity index (χ0v) is 13.2. The number of nitrogens with two attached hydrogens (primary N) is 1. The van der Waals surface area contributed by atoms with E-state index in [1.165, 1.54) is 24.0 Å². The molecule has 1 unspecified atom stereocenters. The van der Waals surface area contributed by atoms with Gasteiger partial charge in [0.1, 0.15) is 0 Å². The molecule has 0 bridgehead atoms. The quantitative estimate of drug-likeness (QED) is 0.921. The van der Waals surface area contributed by atoms with Gasteiger partial charge in [-0.15, -0.1) is 0 Å². The van der Waals surface area contributed by atoms with Gasteiger partial charge in [-0.3, -0.25) is 0 Å². The minimum atomic E-state index is -3.35. The molecule has 0 spiro atoms. The maximum Gasteiger partial charge on any atom is 0.212 e. The van der Waals surface area contributed by atoms with E-state index in [-0.39, 0.29) is 5.25 Å². The van der Waals surface area contributed by atoms with Gasteiger partial charge < -0.3 is 4.90 Å². The Bertz CT molecular complexity index is 592. The monoisotopic (exact) mass is 308 g/mol. The molecule has 21 heavy (non-hydrogen) atoms. The van der Waals surface area contributed by atoms with Gasteiger partial charge in [0, 0.05) is 6.54 Å². The molecule has 1 saturated heterocycles. The van der Waals surface area contributed by atoms with Gasteiger partial charge in [0.25, 0.3) is 0 Å². The Hall–Kier alpha value is -0.910. The zero-order chi connectivity index (χ0) is 14.9. The van der Waals surface area contributed by atoms with Crippen LogP contribution in [0.3, 0.4) is 0 Å². The van der Waals surface area contributed by atoms with Crippen LogP contribution in [0.2, 0.25) is 0 Å². The molecular formula is C16H24N2O2S. The minimum Gasteiger partial charge on any atom is -0.303 e. The number of piperidine rings is 1. The molecule has 3 rings (SSSR count). The van der Waals surface area contributed by atoms with Crippen LogP contribution in [0, 0.1) is 5.92 Å². The summed E-state index contributed by atoms with van der Waals surface area (Å²) in [6, 6.07) is 8.73. The summed E-state index contributed by atoms with van der Waals surface area (Å²) in [6.45, 7) is 2.81. The summed E-state index contributed by atoms with van der Waals surface area (Å²) < 4.78 is 22.8. The molecule has 0 saturated carbocycles. The van der Waals surface area contributed by atoms with E-state index in [1.807, 2.05) is 0 Å². The first-order valence-electron chi connectivity index (χ1n) is 7.83. The molecule has 4 nitrogen and oxygen atoms in total. The van der Waals surface area contributed by atoms with Crippen molar-refractivity contribution in [1.82, 2.24) is 4.90 Å². The molecule has 1 atom stereocenters. The van der Waals surface area contributed by atoms with Crippen LogP contribution in [0.15, 0.2) is 24.3 Å². The highest BCUT2D eigenvalue weighted by molar-refractivity contribution is 7.89. The van der Waals surface area contributed by atoms with Gasteiger partial charge in [0.2, 0.25) is 10.0 Å². The lowest BCUT2D eigenvalue weighted by Crippen LogP contribution is -2.43. The van der Waals surface area contributed by atoms with Gasteiger partial charge >= 0.3 is 0 Å². The van der Waals surface area contributed by atoms with Gasteiger partial charge in [0.15, 0.2) is 0 Å². The molecule has 1 aliphatic heterocycles. The van der Waals surface area contributed by atoms with Crippen LogP contribution in [0.1, 0.15) is 30.4 Å². The van der Waals surface area contributed by atoms with Crippen molar-refractivity contribution in [3.63, 3.8) is 0 Å². The first-order chi connectivity index (χ1) is 10.0. The number of benzene rings is 1. The molecular weight excluding hydrogens is 284 g/mol. The minimum absolute atomic E-state index is 0.333. The first kappa shape index (κ1) is 15.0. The van der Waals surface area contributed by atoms with E-state index in [4.69, 9.17) is 5.14 Å². The summed E-state index contributed by atoms with van der Waals surface area (Å²) in [6.07, 6.45) is 4.94. The van der Waals surface area contributed by atoms with Crippen molar-refractivity contribution in [2.24, 2.45) is 11.1 Å². The second-order valence-corrected chi connectivity index (χ2v) is 8.31. The average molecular weight is 308 g/mol. The SMILES string of the molecule is NS(=O)(=O)C1CCN(CC2CCc3ccccc3C2)CC1. The van der Waals surface area contributed by atoms with Gasteiger partial charge in [-0.05, 0) is 62.2 Å². The maximum absolute atomic E-state index is 11.4. The van der Waals surface area contributed by atoms with Crippen LogP contribution in [0.4, 0.5) is 0 Å². The Morgan fingerprint density at radius 3 is 2.43 bits per heavy atom. The third-order valence-corrected chi connectivity index (χ3v) is 6.37. The van der Waals surface area contributed by atoms with Crippen LogP contribution in [0.5, 0.6) is 0 Å². The Kier molecular flexibility index (Phi) is 4.33. The largest absolute Gasteiger partial charge is 0.303 e. The number of sulfonamides is 1. The normalized spacial score (nSPS) is 24.7. The molecule has 116 valence electrons. The van der Waals surface area contributed by atoms with Gasteiger partial charge in [-0.25, -0.2) is 13.6 Å². The number of nitrogens with zero attached hydrogens (tertiary/aromatic N) is 1. The van der Waals surface area contributed by atoms with E-state index >= 15 is 0 Å². The molecule has 0 amide bonds. The molecule has 0 aromatic heterocycles. The summed E-state index contributed by atoms with van der Waals surface area (Å²) in [5.41, 5.74) is 3.00. The summed E-state index contributed by atoms with van der Waals surface area (Å²) >= 11 is 0. The van der Waals surface area contributed by atoms with E-state index in [0.717, 1.165) is 26.1 Å². The van der Waals surface area contributed by atoms with Crippen LogP contribution < -0.4 is 5.14 Å². The van der Waals surface area contributed by atoms with E-state index in [0.29, 0.717) is 18.8 Å². The number of rotatable bonds is 3. The predicted molar refractivity (Wildman–Crippen MR) is 84.5 cm³/mol. The lowest BCUT2D eigenvalue weighted by atomic mass is 9.83. The van der Waals surface area contributed by atoms with E-state index in [2.05, 4.69) is 29.2 Å². The number of aryl methyl sites for hydroxylation is 1. The molecule has 2 aliphatic rings. The summed E-state index contributed by atoms with van der Waals surface area (Å²) in [5.74, 6) is 0.700. The lowest BCUT2D eigenvalue weighted by molar-refractivity contribution is 0.188. The highest BCUT2D eigenvalue weighted by atomic mass is 32.2. The van der Waals surface area contributed by atoms with Crippen molar-refractivity contribution < 1.29 is 8.42 Å². The van der Waals surface area contributed by atoms with Crippen molar-refractivity contribution >= 4 is 10.0 Å². The summed E-state index contributed by atoms with van der Waals surface area (Å²) in [4.78, 5) is 2.42. The number of primary sulfonamides is 1. The lowest BCUT2D eigenvalue weighted by Gasteiger charge is -2.35. The summed E-state index contributed by atoms with van der Waals surface area (Å²) in [7, 11) is -3.35. The molecule has 1 aromatic carbocycles. The zero-order valence-electron chi connectivity index (χ0n) is 12.4. The fourth-order valence-electron chi connectivity index (χ4n) is 3.71. The third-order valence-electron chi connectivity index (χ3n) is 4.96. The van der Waals surface area contributed by atoms with Gasteiger partial charge in [-0.2, -0.15) is 0 Å². The predicted octanol–water partition coefficient (Wildman–Crippen LogP) is 1.54. The Morgan fingerprint density at radius 1 is 1.10 bits per heavy atom. The number of hydrogen-bond donors (Lipinski definition) is 1. The second-order valence-electron chi connectivity index (χ2n) is 6.47. The maximum atomic E-state index is 11.4. The Balaban J connectivity index is 1.53. The highest BCUT2D eigenvalue weighted by Crippen LogP contribution is 2.27. The van der Waals surface area contributed by atoms with Gasteiger partial charge in [0.05, 0.1) is 5.25 Å². The van der Waals surface area contributed by atoms with Gasteiger partial charge in [-0.1, -0.05) is 24.3 Å². The van der Waals surface area contributed by atoms with E-state index in [9.17, 15) is 8.42 Å². The highest BCUT2D eigenvalue weighted by Gasteiger charge is 2.29. The summed E-state index contributed by atoms with van der Waals surface area (Å²) in [5, 5.41) is 4.91. The fourth-order valence-corrected chi connectivity index (χ4v) is 4.58. The average Bonchev–Trinajstić information content (AvgIpc) is 2.47. The third kappa shape index (κ3) is 3.65. The topological polar surface area (TPSA) is 63.4 Å². The molecule has 5 heteroatoms. The molecule has 1 aliphatic carbocycles. The Labute approximate surface area is 127 Å². The van der Waals surface area contributed by atoms with Crippen molar-refractivity contribution in [3.8, 4) is 0 Å².